The average molecular weight is 358 g/mol. The Hall–Kier alpha value is -3.36. The van der Waals surface area contributed by atoms with Crippen molar-refractivity contribution in [2.24, 2.45) is 0 Å². The molecule has 0 saturated heterocycles. The molecule has 0 radical (unpaired) electrons. The molecule has 2 amide bonds. The van der Waals surface area contributed by atoms with Gasteiger partial charge >= 0.3 is 0 Å². The number of nitrogens with one attached hydrogen (secondary N) is 2. The van der Waals surface area contributed by atoms with Crippen molar-refractivity contribution in [3.8, 4) is 5.75 Å². The fourth-order valence-electron chi connectivity index (χ4n) is 2.78. The zero-order valence-corrected chi connectivity index (χ0v) is 14.2. The minimum absolute atomic E-state index is 0.0152. The highest BCUT2D eigenvalue weighted by Crippen LogP contribution is 2.13. The van der Waals surface area contributed by atoms with E-state index in [4.69, 9.17) is 4.74 Å². The van der Waals surface area contributed by atoms with E-state index < -0.39 is 11.5 Å². The van der Waals surface area contributed by atoms with Crippen LogP contribution in [0.5, 0.6) is 5.75 Å². The number of nitrogens with zero attached hydrogens (tertiary/aromatic N) is 2. The van der Waals surface area contributed by atoms with Gasteiger partial charge in [-0.15, -0.1) is 0 Å². The molecule has 3 rings (SSSR count). The van der Waals surface area contributed by atoms with E-state index in [0.717, 1.165) is 0 Å². The van der Waals surface area contributed by atoms with Crippen LogP contribution >= 0.6 is 0 Å². The van der Waals surface area contributed by atoms with Crippen LogP contribution in [0.4, 0.5) is 0 Å². The Bertz CT molecular complexity index is 962. The third-order valence-corrected chi connectivity index (χ3v) is 4.16. The second-order valence-corrected chi connectivity index (χ2v) is 5.75. The van der Waals surface area contributed by atoms with Crippen LogP contribution in [0.2, 0.25) is 0 Å². The molecule has 0 bridgehead atoms. The number of carbonyl (C=O) groups excluding carboxylic acids is 2. The molecular formula is C17H18N4O5. The van der Waals surface area contributed by atoms with E-state index in [-0.39, 0.29) is 41.4 Å². The lowest BCUT2D eigenvalue weighted by Gasteiger charge is -2.30. The standard InChI is InChI=1S/C17H18N4O5/c1-26-14-10-21-8-7-20(17(25)12(21)9-13(14)22)6-5-19-16(24)11-3-2-4-18-15(11)23/h2-4,9-10H,5-8H2,1H3,(H,18,23)(H,19,24). The zero-order chi connectivity index (χ0) is 18.7. The largest absolute Gasteiger partial charge is 0.491 e. The molecule has 1 aliphatic heterocycles. The summed E-state index contributed by atoms with van der Waals surface area (Å²) < 4.78 is 6.66. The number of amides is 2. The third-order valence-electron chi connectivity index (χ3n) is 4.16. The molecule has 0 aliphatic carbocycles. The molecular weight excluding hydrogens is 340 g/mol. The first-order valence-corrected chi connectivity index (χ1v) is 8.05. The highest BCUT2D eigenvalue weighted by Gasteiger charge is 2.25. The summed E-state index contributed by atoms with van der Waals surface area (Å²) in [5.74, 6) is -0.601. The monoisotopic (exact) mass is 358 g/mol. The van der Waals surface area contributed by atoms with Gasteiger partial charge in [0.1, 0.15) is 11.3 Å². The molecule has 0 unspecified atom stereocenters. The van der Waals surface area contributed by atoms with Gasteiger partial charge in [-0.25, -0.2) is 0 Å². The van der Waals surface area contributed by atoms with E-state index in [1.807, 2.05) is 0 Å². The Balaban J connectivity index is 1.64. The van der Waals surface area contributed by atoms with E-state index >= 15 is 0 Å². The van der Waals surface area contributed by atoms with Crippen LogP contribution < -0.4 is 21.0 Å². The fraction of sp³-hybridized carbons (Fsp3) is 0.294. The number of fused-ring (bicyclic) bond motifs is 1. The number of hydrogen-bond acceptors (Lipinski definition) is 5. The number of hydrogen-bond donors (Lipinski definition) is 2. The summed E-state index contributed by atoms with van der Waals surface area (Å²) in [7, 11) is 1.40. The number of aromatic amines is 1. The lowest BCUT2D eigenvalue weighted by molar-refractivity contribution is 0.0696. The Morgan fingerprint density at radius 2 is 2.12 bits per heavy atom. The van der Waals surface area contributed by atoms with Gasteiger partial charge in [-0.05, 0) is 12.1 Å². The van der Waals surface area contributed by atoms with Crippen molar-refractivity contribution in [2.45, 2.75) is 6.54 Å². The first-order valence-electron chi connectivity index (χ1n) is 8.05. The molecule has 2 aromatic rings. The van der Waals surface area contributed by atoms with Gasteiger partial charge in [-0.1, -0.05) is 0 Å². The van der Waals surface area contributed by atoms with Crippen molar-refractivity contribution in [1.29, 1.82) is 0 Å². The van der Waals surface area contributed by atoms with Crippen LogP contribution in [0.3, 0.4) is 0 Å². The van der Waals surface area contributed by atoms with Crippen LogP contribution in [0.25, 0.3) is 0 Å². The molecule has 0 spiro atoms. The number of pyridine rings is 2. The molecule has 1 aliphatic rings. The second-order valence-electron chi connectivity index (χ2n) is 5.75. The fourth-order valence-corrected chi connectivity index (χ4v) is 2.78. The highest BCUT2D eigenvalue weighted by molar-refractivity contribution is 5.94. The van der Waals surface area contributed by atoms with E-state index in [1.165, 1.54) is 31.6 Å². The summed E-state index contributed by atoms with van der Waals surface area (Å²) in [6.45, 7) is 1.43. The van der Waals surface area contributed by atoms with Crippen molar-refractivity contribution in [1.82, 2.24) is 19.8 Å². The lowest BCUT2D eigenvalue weighted by Crippen LogP contribution is -2.45. The number of carbonyl (C=O) groups is 2. The zero-order valence-electron chi connectivity index (χ0n) is 14.2. The van der Waals surface area contributed by atoms with Gasteiger partial charge < -0.3 is 24.5 Å². The predicted octanol–water partition coefficient (Wildman–Crippen LogP) is -0.569. The van der Waals surface area contributed by atoms with Gasteiger partial charge in [-0.2, -0.15) is 0 Å². The molecule has 0 saturated carbocycles. The molecule has 2 N–H and O–H groups in total. The number of aromatic nitrogens is 2. The minimum atomic E-state index is -0.502. The third kappa shape index (κ3) is 3.37. The van der Waals surface area contributed by atoms with Crippen LogP contribution in [0, 0.1) is 0 Å². The van der Waals surface area contributed by atoms with Crippen molar-refractivity contribution in [2.75, 3.05) is 26.7 Å². The molecule has 9 heteroatoms. The first-order chi connectivity index (χ1) is 12.5. The minimum Gasteiger partial charge on any atom is -0.491 e. The van der Waals surface area contributed by atoms with Crippen LogP contribution in [-0.2, 0) is 6.54 Å². The maximum Gasteiger partial charge on any atom is 0.270 e. The van der Waals surface area contributed by atoms with Crippen LogP contribution in [0.1, 0.15) is 20.8 Å². The van der Waals surface area contributed by atoms with Crippen LogP contribution in [0.15, 0.2) is 40.2 Å². The number of ether oxygens (including phenoxy) is 1. The quantitative estimate of drug-likeness (QED) is 0.743. The molecule has 2 aromatic heterocycles. The predicted molar refractivity (Wildman–Crippen MR) is 92.6 cm³/mol. The van der Waals surface area contributed by atoms with Crippen molar-refractivity contribution < 1.29 is 14.3 Å². The first kappa shape index (κ1) is 17.5. The van der Waals surface area contributed by atoms with E-state index in [1.54, 1.807) is 15.5 Å². The van der Waals surface area contributed by atoms with Crippen LogP contribution in [-0.4, -0.2) is 53.0 Å². The summed E-state index contributed by atoms with van der Waals surface area (Å²) in [5.41, 5.74) is -0.527. The Morgan fingerprint density at radius 3 is 2.85 bits per heavy atom. The van der Waals surface area contributed by atoms with Crippen molar-refractivity contribution >= 4 is 11.8 Å². The number of H-pyrrole nitrogens is 1. The summed E-state index contributed by atoms with van der Waals surface area (Å²) >= 11 is 0. The maximum absolute atomic E-state index is 12.5. The normalized spacial score (nSPS) is 13.3. The Morgan fingerprint density at radius 1 is 1.31 bits per heavy atom. The SMILES string of the molecule is COc1cn2c(cc1=O)C(=O)N(CCNC(=O)c1ccc[nH]c1=O)CC2. The Kier molecular flexibility index (Phi) is 4.87. The number of methoxy groups -OCH3 is 1. The average Bonchev–Trinajstić information content (AvgIpc) is 2.64. The van der Waals surface area contributed by atoms with Gasteiger partial charge in [0, 0.05) is 38.4 Å². The summed E-state index contributed by atoms with van der Waals surface area (Å²) in [6.07, 6.45) is 2.97. The van der Waals surface area contributed by atoms with Gasteiger partial charge in [0.05, 0.1) is 13.3 Å². The highest BCUT2D eigenvalue weighted by atomic mass is 16.5. The summed E-state index contributed by atoms with van der Waals surface area (Å²) in [5, 5.41) is 2.62. The molecule has 0 atom stereocenters. The second kappa shape index (κ2) is 7.26. The van der Waals surface area contributed by atoms with Crippen molar-refractivity contribution in [3.05, 3.63) is 62.4 Å². The van der Waals surface area contributed by atoms with Gasteiger partial charge in [0.15, 0.2) is 5.75 Å². The lowest BCUT2D eigenvalue weighted by atomic mass is 10.2. The maximum atomic E-state index is 12.5. The number of rotatable bonds is 5. The summed E-state index contributed by atoms with van der Waals surface area (Å²) in [4.78, 5) is 52.0. The molecule has 0 aromatic carbocycles. The van der Waals surface area contributed by atoms with E-state index in [0.29, 0.717) is 13.1 Å². The topological polar surface area (TPSA) is 114 Å². The van der Waals surface area contributed by atoms with E-state index in [2.05, 4.69) is 10.3 Å². The molecule has 136 valence electrons. The molecule has 26 heavy (non-hydrogen) atoms. The summed E-state index contributed by atoms with van der Waals surface area (Å²) in [6, 6.07) is 4.25. The Labute approximate surface area is 148 Å². The molecule has 0 fully saturated rings. The van der Waals surface area contributed by atoms with Gasteiger partial charge in [0.2, 0.25) is 5.43 Å². The van der Waals surface area contributed by atoms with E-state index in [9.17, 15) is 19.2 Å². The smallest absolute Gasteiger partial charge is 0.270 e. The molecule has 9 nitrogen and oxygen atoms in total. The van der Waals surface area contributed by atoms with Crippen molar-refractivity contribution in [3.63, 3.8) is 0 Å². The van der Waals surface area contributed by atoms with Gasteiger partial charge in [0.25, 0.3) is 17.4 Å². The molecule has 3 heterocycles. The van der Waals surface area contributed by atoms with Gasteiger partial charge in [-0.3, -0.25) is 19.2 Å².